The Bertz CT molecular complexity index is 1040. The topological polar surface area (TPSA) is 118 Å². The molecule has 0 aliphatic rings. The van der Waals surface area contributed by atoms with Crippen molar-refractivity contribution in [1.29, 1.82) is 0 Å². The van der Waals surface area contributed by atoms with Gasteiger partial charge < -0.3 is 4.42 Å². The van der Waals surface area contributed by atoms with E-state index in [0.717, 1.165) is 9.31 Å². The molecule has 1 N–H and O–H groups in total. The molecular weight excluding hydrogens is 378 g/mol. The van der Waals surface area contributed by atoms with Gasteiger partial charge in [0.15, 0.2) is 0 Å². The minimum absolute atomic E-state index is 0.0688. The van der Waals surface area contributed by atoms with Crippen molar-refractivity contribution in [1.82, 2.24) is 19.5 Å². The summed E-state index contributed by atoms with van der Waals surface area (Å²) < 4.78 is 30.5. The van der Waals surface area contributed by atoms with E-state index < -0.39 is 15.9 Å². The van der Waals surface area contributed by atoms with Gasteiger partial charge in [0.25, 0.3) is 11.8 Å². The normalized spacial score (nSPS) is 11.7. The van der Waals surface area contributed by atoms with Crippen molar-refractivity contribution in [3.05, 3.63) is 40.2 Å². The molecule has 0 atom stereocenters. The molecule has 0 saturated heterocycles. The Morgan fingerprint density at radius 2 is 1.88 bits per heavy atom. The van der Waals surface area contributed by atoms with E-state index in [0.29, 0.717) is 5.69 Å². The molecule has 0 fully saturated rings. The minimum atomic E-state index is -3.55. The molecule has 2 aromatic heterocycles. The van der Waals surface area contributed by atoms with Crippen LogP contribution in [0.4, 0.5) is 6.01 Å². The van der Waals surface area contributed by atoms with Gasteiger partial charge in [0.2, 0.25) is 10.0 Å². The third-order valence-electron chi connectivity index (χ3n) is 3.38. The third kappa shape index (κ3) is 3.64. The number of nitrogens with zero attached hydrogens (tertiary/aromatic N) is 4. The maximum Gasteiger partial charge on any atom is 0.322 e. The smallest absolute Gasteiger partial charge is 0.322 e. The molecule has 0 radical (unpaired) electrons. The van der Waals surface area contributed by atoms with Crippen molar-refractivity contribution in [2.45, 2.75) is 11.8 Å². The zero-order valence-electron chi connectivity index (χ0n) is 14.1. The molecule has 0 saturated carbocycles. The summed E-state index contributed by atoms with van der Waals surface area (Å²) in [6.07, 6.45) is 0. The molecule has 0 bridgehead atoms. The molecule has 26 heavy (non-hydrogen) atoms. The molecule has 0 unspecified atom stereocenters. The Morgan fingerprint density at radius 1 is 1.19 bits per heavy atom. The highest BCUT2D eigenvalue weighted by molar-refractivity contribution is 7.89. The average Bonchev–Trinajstić information content (AvgIpc) is 3.23. The number of hydrogen-bond acceptors (Lipinski definition) is 8. The van der Waals surface area contributed by atoms with Gasteiger partial charge >= 0.3 is 6.01 Å². The Hall–Kier alpha value is -2.63. The van der Waals surface area contributed by atoms with Crippen LogP contribution in [0.25, 0.3) is 11.6 Å². The number of amides is 1. The van der Waals surface area contributed by atoms with Crippen molar-refractivity contribution in [3.63, 3.8) is 0 Å². The molecule has 1 amide bonds. The standard InChI is InChI=1S/C15H15N5O4S2/c1-9-16-12(8-25-9)14-18-19-15(24-14)17-13(21)10-4-6-11(7-5-10)26(22,23)20(2)3/h4-8H,1-3H3,(H,17,19,21). The van der Waals surface area contributed by atoms with Gasteiger partial charge in [-0.1, -0.05) is 5.10 Å². The molecular formula is C15H15N5O4S2. The maximum atomic E-state index is 12.2. The number of anilines is 1. The van der Waals surface area contributed by atoms with Gasteiger partial charge in [0, 0.05) is 25.0 Å². The second-order valence-corrected chi connectivity index (χ2v) is 8.64. The van der Waals surface area contributed by atoms with E-state index in [1.807, 2.05) is 6.92 Å². The fraction of sp³-hybridized carbons (Fsp3) is 0.200. The van der Waals surface area contributed by atoms with Crippen LogP contribution >= 0.6 is 11.3 Å². The number of nitrogens with one attached hydrogen (secondary N) is 1. The molecule has 0 spiro atoms. The van der Waals surface area contributed by atoms with Crippen LogP contribution in [0.3, 0.4) is 0 Å². The number of sulfonamides is 1. The molecule has 3 rings (SSSR count). The minimum Gasteiger partial charge on any atom is -0.401 e. The lowest BCUT2D eigenvalue weighted by Gasteiger charge is -2.11. The van der Waals surface area contributed by atoms with Crippen molar-refractivity contribution in [2.75, 3.05) is 19.4 Å². The molecule has 9 nitrogen and oxygen atoms in total. The van der Waals surface area contributed by atoms with Crippen molar-refractivity contribution < 1.29 is 17.6 Å². The first-order valence-electron chi connectivity index (χ1n) is 7.37. The first-order chi connectivity index (χ1) is 12.3. The fourth-order valence-corrected chi connectivity index (χ4v) is 3.49. The number of hydrogen-bond donors (Lipinski definition) is 1. The van der Waals surface area contributed by atoms with E-state index >= 15 is 0 Å². The number of carbonyl (C=O) groups excluding carboxylic acids is 1. The quantitative estimate of drug-likeness (QED) is 0.704. The lowest BCUT2D eigenvalue weighted by molar-refractivity contribution is 0.102. The summed E-state index contributed by atoms with van der Waals surface area (Å²) in [5.74, 6) is -0.291. The van der Waals surface area contributed by atoms with Crippen LogP contribution in [0.5, 0.6) is 0 Å². The van der Waals surface area contributed by atoms with Gasteiger partial charge in [-0.3, -0.25) is 10.1 Å². The largest absolute Gasteiger partial charge is 0.401 e. The van der Waals surface area contributed by atoms with Crippen LogP contribution in [-0.2, 0) is 10.0 Å². The summed E-state index contributed by atoms with van der Waals surface area (Å²) in [5.41, 5.74) is 0.797. The number of aromatic nitrogens is 3. The molecule has 3 aromatic rings. The Balaban J connectivity index is 1.74. The Morgan fingerprint density at radius 3 is 2.46 bits per heavy atom. The van der Waals surface area contributed by atoms with Crippen molar-refractivity contribution >= 4 is 33.3 Å². The van der Waals surface area contributed by atoms with Crippen LogP contribution in [0.15, 0.2) is 39.0 Å². The van der Waals surface area contributed by atoms with Crippen molar-refractivity contribution in [2.24, 2.45) is 0 Å². The first-order valence-corrected chi connectivity index (χ1v) is 9.69. The summed E-state index contributed by atoms with van der Waals surface area (Å²) in [4.78, 5) is 16.6. The van der Waals surface area contributed by atoms with E-state index in [4.69, 9.17) is 4.42 Å². The van der Waals surface area contributed by atoms with E-state index in [1.165, 1.54) is 49.7 Å². The molecule has 1 aromatic carbocycles. The van der Waals surface area contributed by atoms with Crippen LogP contribution in [-0.4, -0.2) is 47.9 Å². The summed E-state index contributed by atoms with van der Waals surface area (Å²) >= 11 is 1.45. The van der Waals surface area contributed by atoms with Crippen LogP contribution in [0, 0.1) is 6.92 Å². The molecule has 0 aliphatic carbocycles. The second-order valence-electron chi connectivity index (χ2n) is 5.43. The van der Waals surface area contributed by atoms with E-state index in [9.17, 15) is 13.2 Å². The molecule has 0 aliphatic heterocycles. The van der Waals surface area contributed by atoms with Crippen LogP contribution in [0.2, 0.25) is 0 Å². The van der Waals surface area contributed by atoms with E-state index in [2.05, 4.69) is 20.5 Å². The summed E-state index contributed by atoms with van der Waals surface area (Å²) in [6, 6.07) is 5.48. The van der Waals surface area contributed by atoms with Gasteiger partial charge in [-0.15, -0.1) is 16.4 Å². The van der Waals surface area contributed by atoms with E-state index in [1.54, 1.807) is 5.38 Å². The summed E-state index contributed by atoms with van der Waals surface area (Å²) in [6.45, 7) is 1.85. The lowest BCUT2D eigenvalue weighted by Crippen LogP contribution is -2.22. The zero-order valence-corrected chi connectivity index (χ0v) is 15.8. The SMILES string of the molecule is Cc1nc(-c2nnc(NC(=O)c3ccc(S(=O)(=O)N(C)C)cc3)o2)cs1. The molecule has 11 heteroatoms. The highest BCUT2D eigenvalue weighted by Gasteiger charge is 2.18. The summed E-state index contributed by atoms with van der Waals surface area (Å²) in [7, 11) is -0.674. The van der Waals surface area contributed by atoms with Gasteiger partial charge in [-0.05, 0) is 31.2 Å². The molecule has 136 valence electrons. The average molecular weight is 393 g/mol. The van der Waals surface area contributed by atoms with Crippen LogP contribution in [0.1, 0.15) is 15.4 Å². The zero-order chi connectivity index (χ0) is 18.9. The summed E-state index contributed by atoms with van der Waals surface area (Å²) in [5, 5.41) is 12.7. The number of rotatable bonds is 5. The number of thiazole rings is 1. The van der Waals surface area contributed by atoms with E-state index in [-0.39, 0.29) is 22.4 Å². The van der Waals surface area contributed by atoms with Gasteiger partial charge in [0.1, 0.15) is 5.69 Å². The Kier molecular flexibility index (Phi) is 4.85. The predicted octanol–water partition coefficient (Wildman–Crippen LogP) is 2.00. The monoisotopic (exact) mass is 393 g/mol. The Labute approximate surface area is 153 Å². The fourth-order valence-electron chi connectivity index (χ4n) is 2.00. The molecule has 2 heterocycles. The highest BCUT2D eigenvalue weighted by Crippen LogP contribution is 2.22. The highest BCUT2D eigenvalue weighted by atomic mass is 32.2. The predicted molar refractivity (Wildman–Crippen MR) is 95.4 cm³/mol. The maximum absolute atomic E-state index is 12.2. The van der Waals surface area contributed by atoms with Crippen LogP contribution < -0.4 is 5.32 Å². The van der Waals surface area contributed by atoms with Gasteiger partial charge in [-0.25, -0.2) is 17.7 Å². The number of carbonyl (C=O) groups is 1. The number of aryl methyl sites for hydroxylation is 1. The third-order valence-corrected chi connectivity index (χ3v) is 5.98. The first kappa shape index (κ1) is 18.2. The number of benzene rings is 1. The second kappa shape index (κ2) is 6.94. The van der Waals surface area contributed by atoms with Crippen molar-refractivity contribution in [3.8, 4) is 11.6 Å². The van der Waals surface area contributed by atoms with Gasteiger partial charge in [-0.2, -0.15) is 0 Å². The van der Waals surface area contributed by atoms with Gasteiger partial charge in [0.05, 0.1) is 9.90 Å². The lowest BCUT2D eigenvalue weighted by atomic mass is 10.2.